The van der Waals surface area contributed by atoms with Crippen LogP contribution in [0.2, 0.25) is 0 Å². The van der Waals surface area contributed by atoms with Gasteiger partial charge in [0.15, 0.2) is 0 Å². The van der Waals surface area contributed by atoms with Crippen molar-refractivity contribution >= 4 is 88.3 Å². The quantitative estimate of drug-likeness (QED) is 0.130. The summed E-state index contributed by atoms with van der Waals surface area (Å²) in [5.41, 5.74) is 1.73. The molecule has 5 rings (SSSR count). The molecular formula is C24H13BrIN3O3S. The zero-order chi connectivity index (χ0) is 22.9. The summed E-state index contributed by atoms with van der Waals surface area (Å²) in [5, 5.41) is 6.47. The molecule has 0 N–H and O–H groups in total. The summed E-state index contributed by atoms with van der Waals surface area (Å²) < 4.78 is 8.18. The molecule has 0 aliphatic heterocycles. The summed E-state index contributed by atoms with van der Waals surface area (Å²) in [6, 6.07) is 19.9. The molecule has 1 amide bonds. The van der Waals surface area contributed by atoms with E-state index in [9.17, 15) is 9.59 Å². The second kappa shape index (κ2) is 9.16. The van der Waals surface area contributed by atoms with E-state index in [1.54, 1.807) is 36.4 Å². The lowest BCUT2D eigenvalue weighted by molar-refractivity contribution is 0.0987. The van der Waals surface area contributed by atoms with Crippen molar-refractivity contribution in [3.8, 4) is 0 Å². The molecule has 3 aromatic carbocycles. The smallest absolute Gasteiger partial charge is 0.281 e. The van der Waals surface area contributed by atoms with Crippen molar-refractivity contribution in [3.05, 3.63) is 102 Å². The summed E-state index contributed by atoms with van der Waals surface area (Å²) in [6.45, 7) is 0. The van der Waals surface area contributed by atoms with Gasteiger partial charge in [-0.1, -0.05) is 51.5 Å². The number of nitrogens with zero attached hydrogens (tertiary/aromatic N) is 3. The lowest BCUT2D eigenvalue weighted by atomic mass is 10.2. The third-order valence-corrected chi connectivity index (χ3v) is 7.26. The molecule has 0 fully saturated rings. The number of carbonyl (C=O) groups is 1. The van der Waals surface area contributed by atoms with Crippen LogP contribution in [0.5, 0.6) is 0 Å². The molecule has 162 valence electrons. The van der Waals surface area contributed by atoms with E-state index in [0.717, 1.165) is 18.3 Å². The van der Waals surface area contributed by atoms with Gasteiger partial charge in [0.25, 0.3) is 5.91 Å². The van der Waals surface area contributed by atoms with Crippen LogP contribution in [-0.4, -0.2) is 17.1 Å². The van der Waals surface area contributed by atoms with E-state index in [4.69, 9.17) is 4.42 Å². The predicted octanol–water partition coefficient (Wildman–Crippen LogP) is 6.45. The highest BCUT2D eigenvalue weighted by Gasteiger charge is 2.23. The van der Waals surface area contributed by atoms with E-state index in [1.165, 1.54) is 28.8 Å². The fraction of sp³-hybridized carbons (Fsp3) is 0. The highest BCUT2D eigenvalue weighted by Crippen LogP contribution is 2.32. The Morgan fingerprint density at radius 1 is 1.12 bits per heavy atom. The molecule has 2 heterocycles. The lowest BCUT2D eigenvalue weighted by Crippen LogP contribution is -2.26. The molecule has 0 unspecified atom stereocenters. The normalized spacial score (nSPS) is 11.5. The number of amides is 1. The SMILES string of the molecule is O=C(c1ccccc1I)N(/N=C/c1coc2ccccc2c1=O)c1nc2ccc(Br)cc2s1. The van der Waals surface area contributed by atoms with Crippen LogP contribution in [0.25, 0.3) is 21.2 Å². The molecule has 0 radical (unpaired) electrons. The average Bonchev–Trinajstić information content (AvgIpc) is 3.23. The maximum absolute atomic E-state index is 13.5. The Labute approximate surface area is 213 Å². The van der Waals surface area contributed by atoms with Gasteiger partial charge in [0.05, 0.1) is 32.9 Å². The first-order chi connectivity index (χ1) is 16.0. The Balaban J connectivity index is 1.62. The number of halogens is 2. The number of aromatic nitrogens is 1. The Hall–Kier alpha value is -2.89. The van der Waals surface area contributed by atoms with Gasteiger partial charge < -0.3 is 4.42 Å². The van der Waals surface area contributed by atoms with E-state index in [0.29, 0.717) is 21.7 Å². The standard InChI is InChI=1S/C24H13BrIN3O3S/c25-15-9-10-19-21(11-15)33-24(28-19)29(23(31)16-5-1-3-7-18(16)26)27-12-14-13-32-20-8-4-2-6-17(20)22(14)30/h1-13H/b27-12+. The predicted molar refractivity (Wildman–Crippen MR) is 143 cm³/mol. The summed E-state index contributed by atoms with van der Waals surface area (Å²) in [4.78, 5) is 31.0. The largest absolute Gasteiger partial charge is 0.463 e. The van der Waals surface area contributed by atoms with E-state index in [2.05, 4.69) is 48.6 Å². The first kappa shape index (κ1) is 21.9. The molecule has 0 aliphatic carbocycles. The first-order valence-electron chi connectivity index (χ1n) is 9.71. The van der Waals surface area contributed by atoms with Gasteiger partial charge in [-0.2, -0.15) is 10.1 Å². The van der Waals surface area contributed by atoms with Crippen LogP contribution in [0.15, 0.2) is 91.8 Å². The Morgan fingerprint density at radius 2 is 1.91 bits per heavy atom. The van der Waals surface area contributed by atoms with E-state index >= 15 is 0 Å². The summed E-state index contributed by atoms with van der Waals surface area (Å²) >= 11 is 6.92. The van der Waals surface area contributed by atoms with E-state index in [1.807, 2.05) is 30.3 Å². The van der Waals surface area contributed by atoms with Gasteiger partial charge in [-0.3, -0.25) is 9.59 Å². The maximum Gasteiger partial charge on any atom is 0.281 e. The minimum Gasteiger partial charge on any atom is -0.463 e. The number of hydrogen-bond donors (Lipinski definition) is 0. The minimum absolute atomic E-state index is 0.226. The van der Waals surface area contributed by atoms with Crippen LogP contribution in [-0.2, 0) is 0 Å². The molecular weight excluding hydrogens is 617 g/mol. The topological polar surface area (TPSA) is 75.8 Å². The molecule has 0 saturated carbocycles. The molecule has 9 heteroatoms. The van der Waals surface area contributed by atoms with Crippen molar-refractivity contribution < 1.29 is 9.21 Å². The maximum atomic E-state index is 13.5. The number of fused-ring (bicyclic) bond motifs is 2. The zero-order valence-electron chi connectivity index (χ0n) is 16.7. The van der Waals surface area contributed by atoms with Crippen molar-refractivity contribution in [2.75, 3.05) is 5.01 Å². The molecule has 2 aromatic heterocycles. The van der Waals surface area contributed by atoms with Crippen LogP contribution < -0.4 is 10.4 Å². The minimum atomic E-state index is -0.348. The van der Waals surface area contributed by atoms with Crippen molar-refractivity contribution in [3.63, 3.8) is 0 Å². The first-order valence-corrected chi connectivity index (χ1v) is 12.4. The van der Waals surface area contributed by atoms with Gasteiger partial charge in [0.1, 0.15) is 11.8 Å². The van der Waals surface area contributed by atoms with Gasteiger partial charge >= 0.3 is 0 Å². The Bertz CT molecular complexity index is 1610. The van der Waals surface area contributed by atoms with Gasteiger partial charge in [-0.25, -0.2) is 4.98 Å². The number of carbonyl (C=O) groups excluding carboxylic acids is 1. The zero-order valence-corrected chi connectivity index (χ0v) is 21.3. The van der Waals surface area contributed by atoms with Gasteiger partial charge in [0.2, 0.25) is 10.6 Å². The molecule has 5 aromatic rings. The molecule has 0 atom stereocenters. The molecule has 33 heavy (non-hydrogen) atoms. The molecule has 6 nitrogen and oxygen atoms in total. The highest BCUT2D eigenvalue weighted by molar-refractivity contribution is 14.1. The van der Waals surface area contributed by atoms with Gasteiger partial charge in [-0.15, -0.1) is 0 Å². The third kappa shape index (κ3) is 4.35. The summed E-state index contributed by atoms with van der Waals surface area (Å²) in [5.74, 6) is -0.348. The Morgan fingerprint density at radius 3 is 2.76 bits per heavy atom. The van der Waals surface area contributed by atoms with Gasteiger partial charge in [-0.05, 0) is 65.1 Å². The van der Waals surface area contributed by atoms with Crippen molar-refractivity contribution in [2.24, 2.45) is 5.10 Å². The highest BCUT2D eigenvalue weighted by atomic mass is 127. The monoisotopic (exact) mass is 629 g/mol. The summed E-state index contributed by atoms with van der Waals surface area (Å²) in [7, 11) is 0. The molecule has 0 bridgehead atoms. The number of rotatable bonds is 4. The van der Waals surface area contributed by atoms with Crippen LogP contribution >= 0.6 is 49.9 Å². The van der Waals surface area contributed by atoms with Crippen LogP contribution in [0.3, 0.4) is 0 Å². The fourth-order valence-corrected chi connectivity index (χ4v) is 5.31. The second-order valence-electron chi connectivity index (χ2n) is 6.97. The number of benzene rings is 3. The lowest BCUT2D eigenvalue weighted by Gasteiger charge is -2.14. The van der Waals surface area contributed by atoms with Crippen molar-refractivity contribution in [2.45, 2.75) is 0 Å². The number of para-hydroxylation sites is 1. The van der Waals surface area contributed by atoms with Crippen LogP contribution in [0.4, 0.5) is 5.13 Å². The fourth-order valence-electron chi connectivity index (χ4n) is 3.22. The average molecular weight is 630 g/mol. The molecule has 0 spiro atoms. The van der Waals surface area contributed by atoms with E-state index in [-0.39, 0.29) is 16.9 Å². The second-order valence-corrected chi connectivity index (χ2v) is 10.1. The molecule has 0 aliphatic rings. The summed E-state index contributed by atoms with van der Waals surface area (Å²) in [6.07, 6.45) is 2.69. The van der Waals surface area contributed by atoms with Gasteiger partial charge in [0, 0.05) is 8.04 Å². The Kier molecular flexibility index (Phi) is 6.09. The number of anilines is 1. The van der Waals surface area contributed by atoms with Crippen LogP contribution in [0.1, 0.15) is 15.9 Å². The van der Waals surface area contributed by atoms with E-state index < -0.39 is 0 Å². The number of hydrazone groups is 1. The van der Waals surface area contributed by atoms with Crippen molar-refractivity contribution in [1.29, 1.82) is 0 Å². The number of thiazole rings is 1. The third-order valence-electron chi connectivity index (χ3n) is 4.84. The number of hydrogen-bond acceptors (Lipinski definition) is 6. The molecule has 0 saturated heterocycles. The van der Waals surface area contributed by atoms with Crippen LogP contribution in [0, 0.1) is 3.57 Å². The van der Waals surface area contributed by atoms with Crippen molar-refractivity contribution in [1.82, 2.24) is 4.98 Å².